The van der Waals surface area contributed by atoms with Gasteiger partial charge in [0.05, 0.1) is 11.8 Å². The maximum absolute atomic E-state index is 11.9. The number of amides is 1. The van der Waals surface area contributed by atoms with Gasteiger partial charge in [-0.25, -0.2) is 9.97 Å². The fourth-order valence-electron chi connectivity index (χ4n) is 2.78. The highest BCUT2D eigenvalue weighted by Crippen LogP contribution is 2.25. The Balaban J connectivity index is 1.68. The summed E-state index contributed by atoms with van der Waals surface area (Å²) in [6, 6.07) is 3.21. The van der Waals surface area contributed by atoms with E-state index in [2.05, 4.69) is 25.2 Å². The molecule has 0 saturated carbocycles. The molecule has 0 spiro atoms. The largest absolute Gasteiger partial charge is 0.459 e. The van der Waals surface area contributed by atoms with Gasteiger partial charge >= 0.3 is 0 Å². The van der Waals surface area contributed by atoms with Crippen molar-refractivity contribution in [2.45, 2.75) is 27.3 Å². The van der Waals surface area contributed by atoms with Gasteiger partial charge < -0.3 is 20.0 Å². The second-order valence-corrected chi connectivity index (χ2v) is 6.31. The quantitative estimate of drug-likeness (QED) is 0.599. The first-order chi connectivity index (χ1) is 12.4. The normalized spacial score (nSPS) is 10.9. The van der Waals surface area contributed by atoms with Crippen LogP contribution in [0.5, 0.6) is 0 Å². The number of hydrogen-bond acceptors (Lipinski definition) is 6. The monoisotopic (exact) mass is 372 g/mol. The average molecular weight is 372 g/mol. The van der Waals surface area contributed by atoms with Crippen molar-refractivity contribution < 1.29 is 9.21 Å². The second-order valence-electron chi connectivity index (χ2n) is 5.90. The van der Waals surface area contributed by atoms with E-state index in [1.165, 1.54) is 6.26 Å². The van der Waals surface area contributed by atoms with Crippen LogP contribution < -0.4 is 16.4 Å². The molecule has 26 heavy (non-hydrogen) atoms. The molecule has 0 unspecified atom stereocenters. The number of carbonyl (C=O) groups excluding carboxylic acids is 1. The van der Waals surface area contributed by atoms with Crippen molar-refractivity contribution in [2.75, 3.05) is 12.3 Å². The van der Waals surface area contributed by atoms with Gasteiger partial charge in [-0.2, -0.15) is 0 Å². The third-order valence-electron chi connectivity index (χ3n) is 4.18. The molecule has 0 saturated heterocycles. The molecule has 136 valence electrons. The van der Waals surface area contributed by atoms with Gasteiger partial charge in [0.25, 0.3) is 5.91 Å². The standard InChI is InChI=1S/C17H20N6O2S/c1-9-10(2)20-15(18)13-14(9)23(11(3)21-13)7-6-19-17(26)22-16(24)12-5-4-8-25-12/h4-5,8H,6-7H2,1-3H3,(H2,18,20)(H2,19,22,24,26). The molecule has 0 aliphatic rings. The SMILES string of the molecule is Cc1nc(N)c2nc(C)n(CCNC(=S)NC(=O)c3ccco3)c2c1C. The van der Waals surface area contributed by atoms with Crippen LogP contribution >= 0.6 is 12.2 Å². The Bertz CT molecular complexity index is 977. The van der Waals surface area contributed by atoms with Crippen molar-refractivity contribution in [3.63, 3.8) is 0 Å². The van der Waals surface area contributed by atoms with Gasteiger partial charge in [-0.3, -0.25) is 10.1 Å². The van der Waals surface area contributed by atoms with Crippen molar-refractivity contribution >= 4 is 40.1 Å². The summed E-state index contributed by atoms with van der Waals surface area (Å²) in [4.78, 5) is 20.7. The molecule has 3 aromatic heterocycles. The van der Waals surface area contributed by atoms with E-state index < -0.39 is 0 Å². The van der Waals surface area contributed by atoms with E-state index in [0.717, 1.165) is 22.6 Å². The maximum Gasteiger partial charge on any atom is 0.293 e. The number of aryl methyl sites for hydroxylation is 3. The van der Waals surface area contributed by atoms with E-state index >= 15 is 0 Å². The number of nitrogens with zero attached hydrogens (tertiary/aromatic N) is 3. The molecule has 0 bridgehead atoms. The summed E-state index contributed by atoms with van der Waals surface area (Å²) >= 11 is 5.16. The number of nitrogen functional groups attached to an aromatic ring is 1. The van der Waals surface area contributed by atoms with Crippen molar-refractivity contribution in [2.24, 2.45) is 0 Å². The molecule has 9 heteroatoms. The maximum atomic E-state index is 11.9. The van der Waals surface area contributed by atoms with Gasteiger partial charge in [0.2, 0.25) is 0 Å². The van der Waals surface area contributed by atoms with Gasteiger partial charge in [0, 0.05) is 18.8 Å². The number of carbonyl (C=O) groups is 1. The Morgan fingerprint density at radius 3 is 2.81 bits per heavy atom. The second kappa shape index (κ2) is 7.12. The van der Waals surface area contributed by atoms with Crippen molar-refractivity contribution in [1.29, 1.82) is 0 Å². The predicted molar refractivity (Wildman–Crippen MR) is 103 cm³/mol. The summed E-state index contributed by atoms with van der Waals surface area (Å²) in [6.45, 7) is 6.98. The number of nitrogens with two attached hydrogens (primary N) is 1. The van der Waals surface area contributed by atoms with Crippen molar-refractivity contribution in [3.8, 4) is 0 Å². The molecule has 3 aromatic rings. The van der Waals surface area contributed by atoms with Gasteiger partial charge in [0.1, 0.15) is 11.3 Å². The van der Waals surface area contributed by atoms with E-state index in [1.807, 2.05) is 20.8 Å². The van der Waals surface area contributed by atoms with Gasteiger partial charge in [-0.1, -0.05) is 0 Å². The molecule has 0 fully saturated rings. The Morgan fingerprint density at radius 2 is 2.12 bits per heavy atom. The van der Waals surface area contributed by atoms with Gasteiger partial charge in [0.15, 0.2) is 16.7 Å². The summed E-state index contributed by atoms with van der Waals surface area (Å²) in [5.74, 6) is 1.09. The zero-order valence-corrected chi connectivity index (χ0v) is 15.6. The molecule has 0 aromatic carbocycles. The number of thiocarbonyl (C=S) groups is 1. The number of aromatic nitrogens is 3. The lowest BCUT2D eigenvalue weighted by Gasteiger charge is -2.12. The third kappa shape index (κ3) is 3.38. The Labute approximate surface area is 155 Å². The van der Waals surface area contributed by atoms with E-state index in [0.29, 0.717) is 24.4 Å². The molecule has 4 N–H and O–H groups in total. The van der Waals surface area contributed by atoms with Crippen molar-refractivity contribution in [3.05, 3.63) is 41.2 Å². The third-order valence-corrected chi connectivity index (χ3v) is 4.43. The molecular formula is C17H20N6O2S. The summed E-state index contributed by atoms with van der Waals surface area (Å²) < 4.78 is 7.10. The summed E-state index contributed by atoms with van der Waals surface area (Å²) in [5.41, 5.74) is 9.61. The molecule has 0 atom stereocenters. The summed E-state index contributed by atoms with van der Waals surface area (Å²) in [7, 11) is 0. The lowest BCUT2D eigenvalue weighted by Crippen LogP contribution is -2.40. The summed E-state index contributed by atoms with van der Waals surface area (Å²) in [6.07, 6.45) is 1.43. The molecular weight excluding hydrogens is 352 g/mol. The first-order valence-corrected chi connectivity index (χ1v) is 8.51. The van der Waals surface area contributed by atoms with Crippen LogP contribution in [0.1, 0.15) is 27.6 Å². The minimum atomic E-state index is -0.387. The Hall–Kier alpha value is -2.94. The zero-order chi connectivity index (χ0) is 18.8. The topological polar surface area (TPSA) is 111 Å². The molecule has 0 aliphatic heterocycles. The van der Waals surface area contributed by atoms with Crippen molar-refractivity contribution in [1.82, 2.24) is 25.2 Å². The number of rotatable bonds is 4. The number of furan rings is 1. The van der Waals surface area contributed by atoms with Crippen LogP contribution in [0.15, 0.2) is 22.8 Å². The molecule has 8 nitrogen and oxygen atoms in total. The fraction of sp³-hybridized carbons (Fsp3) is 0.294. The molecule has 0 radical (unpaired) electrons. The van der Waals surface area contributed by atoms with Crippen LogP contribution in [-0.4, -0.2) is 32.1 Å². The summed E-state index contributed by atoms with van der Waals surface area (Å²) in [5, 5.41) is 5.83. The highest BCUT2D eigenvalue weighted by molar-refractivity contribution is 7.80. The van der Waals surface area contributed by atoms with E-state index in [9.17, 15) is 4.79 Å². The molecule has 3 heterocycles. The van der Waals surface area contributed by atoms with Crippen LogP contribution in [0.25, 0.3) is 11.0 Å². The number of fused-ring (bicyclic) bond motifs is 1. The van der Waals surface area contributed by atoms with Crippen LogP contribution in [0.4, 0.5) is 5.82 Å². The van der Waals surface area contributed by atoms with Crippen LogP contribution in [0.3, 0.4) is 0 Å². The highest BCUT2D eigenvalue weighted by Gasteiger charge is 2.15. The molecule has 3 rings (SSSR count). The van der Waals surface area contributed by atoms with Crippen LogP contribution in [0.2, 0.25) is 0 Å². The Kier molecular flexibility index (Phi) is 4.90. The average Bonchev–Trinajstić information content (AvgIpc) is 3.22. The minimum Gasteiger partial charge on any atom is -0.459 e. The van der Waals surface area contributed by atoms with E-state index in [1.54, 1.807) is 12.1 Å². The first kappa shape index (κ1) is 17.9. The van der Waals surface area contributed by atoms with Crippen LogP contribution in [0, 0.1) is 20.8 Å². The van der Waals surface area contributed by atoms with E-state index in [4.69, 9.17) is 22.4 Å². The number of nitrogens with one attached hydrogen (secondary N) is 2. The highest BCUT2D eigenvalue weighted by atomic mass is 32.1. The van der Waals surface area contributed by atoms with Gasteiger partial charge in [-0.05, 0) is 50.7 Å². The molecule has 1 amide bonds. The Morgan fingerprint density at radius 1 is 1.35 bits per heavy atom. The predicted octanol–water partition coefficient (Wildman–Crippen LogP) is 1.84. The van der Waals surface area contributed by atoms with Gasteiger partial charge in [-0.15, -0.1) is 0 Å². The minimum absolute atomic E-state index is 0.208. The molecule has 0 aliphatic carbocycles. The van der Waals surface area contributed by atoms with E-state index in [-0.39, 0.29) is 16.8 Å². The number of imidazole rings is 1. The smallest absolute Gasteiger partial charge is 0.293 e. The lowest BCUT2D eigenvalue weighted by molar-refractivity contribution is 0.0949. The fourth-order valence-corrected chi connectivity index (χ4v) is 2.98. The first-order valence-electron chi connectivity index (χ1n) is 8.10. The van der Waals surface area contributed by atoms with Crippen LogP contribution in [-0.2, 0) is 6.54 Å². The number of anilines is 1. The number of hydrogen-bond donors (Lipinski definition) is 3. The number of pyridine rings is 1. The lowest BCUT2D eigenvalue weighted by atomic mass is 10.2. The zero-order valence-electron chi connectivity index (χ0n) is 14.8.